The second-order valence-electron chi connectivity index (χ2n) is 12.3. The van der Waals surface area contributed by atoms with Crippen LogP contribution in [0, 0.1) is 17.8 Å². The van der Waals surface area contributed by atoms with Crippen molar-refractivity contribution in [2.24, 2.45) is 17.8 Å². The molecule has 0 aromatic carbocycles. The van der Waals surface area contributed by atoms with Gasteiger partial charge in [-0.3, -0.25) is 24.0 Å². The van der Waals surface area contributed by atoms with Crippen LogP contribution >= 0.6 is 0 Å². The van der Waals surface area contributed by atoms with Gasteiger partial charge in [-0.1, -0.05) is 27.7 Å². The molecule has 3 amide bonds. The molecule has 0 bridgehead atoms. The standard InChI is InChI=1S/C29H49N3O8/c1-17(2)15-21(30-27(37)22-11-10-14-32(22)19(5)33)23(34)16-20(12-13-24(35)40-29(6,7)8)26(36)31-25(18(3)4)28(38)39-9/h17-18,20-22,25H,10-16H2,1-9H3,(H,30,37)(H,31,36)/t20-,21+,22+,25+/m1/s1. The summed E-state index contributed by atoms with van der Waals surface area (Å²) >= 11 is 0. The van der Waals surface area contributed by atoms with Crippen molar-refractivity contribution < 1.29 is 38.2 Å². The third-order valence-corrected chi connectivity index (χ3v) is 6.73. The first kappa shape index (κ1) is 35.0. The molecular weight excluding hydrogens is 518 g/mol. The van der Waals surface area contributed by atoms with E-state index >= 15 is 0 Å². The van der Waals surface area contributed by atoms with Crippen LogP contribution in [0.3, 0.4) is 0 Å². The normalized spacial score (nSPS) is 17.7. The van der Waals surface area contributed by atoms with Gasteiger partial charge in [0.2, 0.25) is 17.7 Å². The molecule has 0 spiro atoms. The Morgan fingerprint density at radius 2 is 1.62 bits per heavy atom. The first-order valence-corrected chi connectivity index (χ1v) is 14.2. The summed E-state index contributed by atoms with van der Waals surface area (Å²) in [6, 6.07) is -2.44. The van der Waals surface area contributed by atoms with E-state index in [9.17, 15) is 28.8 Å². The molecule has 1 heterocycles. The zero-order chi connectivity index (χ0) is 30.8. The van der Waals surface area contributed by atoms with E-state index in [4.69, 9.17) is 9.47 Å². The Labute approximate surface area is 238 Å². The molecule has 1 rings (SSSR count). The highest BCUT2D eigenvalue weighted by molar-refractivity contribution is 5.95. The molecule has 1 aliphatic heterocycles. The largest absolute Gasteiger partial charge is 0.467 e. The van der Waals surface area contributed by atoms with E-state index in [0.717, 1.165) is 0 Å². The minimum atomic E-state index is -0.947. The number of nitrogens with one attached hydrogen (secondary N) is 2. The maximum absolute atomic E-state index is 13.6. The predicted octanol–water partition coefficient (Wildman–Crippen LogP) is 2.54. The Kier molecular flexibility index (Phi) is 13.8. The molecule has 0 unspecified atom stereocenters. The smallest absolute Gasteiger partial charge is 0.328 e. The number of rotatable bonds is 14. The van der Waals surface area contributed by atoms with Crippen LogP contribution in [-0.2, 0) is 38.2 Å². The van der Waals surface area contributed by atoms with Gasteiger partial charge in [0, 0.05) is 32.2 Å². The van der Waals surface area contributed by atoms with E-state index in [0.29, 0.717) is 25.8 Å². The van der Waals surface area contributed by atoms with E-state index in [1.165, 1.54) is 18.9 Å². The van der Waals surface area contributed by atoms with Crippen molar-refractivity contribution in [1.29, 1.82) is 0 Å². The molecule has 1 aliphatic rings. The number of likely N-dealkylation sites (tertiary alicyclic amines) is 1. The highest BCUT2D eigenvalue weighted by atomic mass is 16.6. The second kappa shape index (κ2) is 15.7. The van der Waals surface area contributed by atoms with E-state index in [1.54, 1.807) is 34.6 Å². The molecule has 0 aliphatic carbocycles. The number of methoxy groups -OCH3 is 1. The maximum Gasteiger partial charge on any atom is 0.328 e. The van der Waals surface area contributed by atoms with Crippen molar-refractivity contribution in [3.05, 3.63) is 0 Å². The first-order chi connectivity index (χ1) is 18.5. The zero-order valence-corrected chi connectivity index (χ0v) is 25.6. The van der Waals surface area contributed by atoms with Gasteiger partial charge < -0.3 is 25.0 Å². The highest BCUT2D eigenvalue weighted by Crippen LogP contribution is 2.21. The number of ether oxygens (including phenoxy) is 2. The molecule has 4 atom stereocenters. The van der Waals surface area contributed by atoms with Crippen molar-refractivity contribution >= 4 is 35.4 Å². The van der Waals surface area contributed by atoms with Gasteiger partial charge in [-0.2, -0.15) is 0 Å². The fraction of sp³-hybridized carbons (Fsp3) is 0.793. The molecule has 0 aromatic rings. The Hall–Kier alpha value is -2.98. The zero-order valence-electron chi connectivity index (χ0n) is 25.6. The predicted molar refractivity (Wildman–Crippen MR) is 149 cm³/mol. The van der Waals surface area contributed by atoms with E-state index in [-0.39, 0.29) is 42.8 Å². The minimum absolute atomic E-state index is 0.0154. The lowest BCUT2D eigenvalue weighted by Crippen LogP contribution is -2.51. The number of nitrogens with zero attached hydrogens (tertiary/aromatic N) is 1. The summed E-state index contributed by atoms with van der Waals surface area (Å²) < 4.78 is 10.2. The Morgan fingerprint density at radius 1 is 1.00 bits per heavy atom. The number of ketones is 1. The van der Waals surface area contributed by atoms with Gasteiger partial charge in [0.1, 0.15) is 17.7 Å². The maximum atomic E-state index is 13.6. The number of hydrogen-bond acceptors (Lipinski definition) is 8. The van der Waals surface area contributed by atoms with Crippen LogP contribution in [0.4, 0.5) is 0 Å². The Morgan fingerprint density at radius 3 is 2.12 bits per heavy atom. The van der Waals surface area contributed by atoms with E-state index in [2.05, 4.69) is 10.6 Å². The third kappa shape index (κ3) is 11.6. The summed E-state index contributed by atoms with van der Waals surface area (Å²) in [7, 11) is 1.23. The Balaban J connectivity index is 3.14. The average molecular weight is 568 g/mol. The molecular formula is C29H49N3O8. The van der Waals surface area contributed by atoms with Gasteiger partial charge >= 0.3 is 11.9 Å². The third-order valence-electron chi connectivity index (χ3n) is 6.73. The lowest BCUT2D eigenvalue weighted by atomic mass is 9.89. The molecule has 11 nitrogen and oxygen atoms in total. The van der Waals surface area contributed by atoms with Crippen LogP contribution in [0.2, 0.25) is 0 Å². The van der Waals surface area contributed by atoms with Gasteiger partial charge in [0.15, 0.2) is 5.78 Å². The molecule has 40 heavy (non-hydrogen) atoms. The summed E-state index contributed by atoms with van der Waals surface area (Å²) in [6.07, 6.45) is 1.21. The van der Waals surface area contributed by atoms with Gasteiger partial charge in [-0.05, 0) is 58.3 Å². The van der Waals surface area contributed by atoms with Gasteiger partial charge in [-0.25, -0.2) is 4.79 Å². The van der Waals surface area contributed by atoms with Crippen LogP contribution < -0.4 is 10.6 Å². The van der Waals surface area contributed by atoms with E-state index < -0.39 is 53.4 Å². The molecule has 1 fully saturated rings. The summed E-state index contributed by atoms with van der Waals surface area (Å²) in [5.41, 5.74) is -0.709. The van der Waals surface area contributed by atoms with Crippen molar-refractivity contribution in [3.63, 3.8) is 0 Å². The molecule has 0 radical (unpaired) electrons. The van der Waals surface area contributed by atoms with Gasteiger partial charge in [0.25, 0.3) is 0 Å². The molecule has 0 aromatic heterocycles. The van der Waals surface area contributed by atoms with Crippen molar-refractivity contribution in [2.75, 3.05) is 13.7 Å². The SMILES string of the molecule is COC(=O)[C@@H](NC(=O)[C@H](CCC(=O)OC(C)(C)C)CC(=O)[C@H](CC(C)C)NC(=O)[C@@H]1CCCN1C(C)=O)C(C)C. The van der Waals surface area contributed by atoms with Crippen LogP contribution in [0.5, 0.6) is 0 Å². The lowest BCUT2D eigenvalue weighted by molar-refractivity contribution is -0.155. The fourth-order valence-electron chi connectivity index (χ4n) is 4.72. The van der Waals surface area contributed by atoms with Crippen molar-refractivity contribution in [2.45, 2.75) is 118 Å². The van der Waals surface area contributed by atoms with Crippen molar-refractivity contribution in [3.8, 4) is 0 Å². The van der Waals surface area contributed by atoms with Crippen LogP contribution in [-0.4, -0.2) is 77.7 Å². The summed E-state index contributed by atoms with van der Waals surface area (Å²) in [4.78, 5) is 78.1. The summed E-state index contributed by atoms with van der Waals surface area (Å²) in [6.45, 7) is 14.4. The molecule has 228 valence electrons. The van der Waals surface area contributed by atoms with Crippen LogP contribution in [0.15, 0.2) is 0 Å². The monoisotopic (exact) mass is 567 g/mol. The number of carbonyl (C=O) groups is 6. The minimum Gasteiger partial charge on any atom is -0.467 e. The fourth-order valence-corrected chi connectivity index (χ4v) is 4.72. The number of Topliss-reactive ketones (excluding diaryl/α,β-unsaturated/α-hetero) is 1. The number of esters is 2. The average Bonchev–Trinajstić information content (AvgIpc) is 3.33. The van der Waals surface area contributed by atoms with Crippen molar-refractivity contribution in [1.82, 2.24) is 15.5 Å². The van der Waals surface area contributed by atoms with E-state index in [1.807, 2.05) is 13.8 Å². The van der Waals surface area contributed by atoms with Crippen LogP contribution in [0.25, 0.3) is 0 Å². The summed E-state index contributed by atoms with van der Waals surface area (Å²) in [5, 5.41) is 5.50. The molecule has 2 N–H and O–H groups in total. The first-order valence-electron chi connectivity index (χ1n) is 14.2. The summed E-state index contributed by atoms with van der Waals surface area (Å²) in [5.74, 6) is -3.81. The number of amides is 3. The van der Waals surface area contributed by atoms with Gasteiger partial charge in [0.05, 0.1) is 13.2 Å². The quantitative estimate of drug-likeness (QED) is 0.304. The number of carbonyl (C=O) groups excluding carboxylic acids is 6. The molecule has 1 saturated heterocycles. The second-order valence-corrected chi connectivity index (χ2v) is 12.3. The topological polar surface area (TPSA) is 148 Å². The molecule has 11 heteroatoms. The highest BCUT2D eigenvalue weighted by Gasteiger charge is 2.36. The van der Waals surface area contributed by atoms with Crippen LogP contribution in [0.1, 0.15) is 93.9 Å². The lowest BCUT2D eigenvalue weighted by Gasteiger charge is -2.28. The number of hydrogen-bond donors (Lipinski definition) is 2. The Bertz CT molecular complexity index is 925. The van der Waals surface area contributed by atoms with Gasteiger partial charge in [-0.15, -0.1) is 0 Å². The molecule has 0 saturated carbocycles.